The van der Waals surface area contributed by atoms with Crippen molar-refractivity contribution in [2.45, 2.75) is 296 Å². The molecule has 0 aliphatic heterocycles. The second-order valence-corrected chi connectivity index (χ2v) is 18.0. The molecule has 0 bridgehead atoms. The second-order valence-electron chi connectivity index (χ2n) is 18.0. The molecule has 0 radical (unpaired) electrons. The summed E-state index contributed by atoms with van der Waals surface area (Å²) in [5.41, 5.74) is 0. The number of carbonyl (C=O) groups is 2. The van der Waals surface area contributed by atoms with Gasteiger partial charge in [0.05, 0.1) is 25.2 Å². The zero-order valence-corrected chi connectivity index (χ0v) is 39.7. The molecule has 6 heteroatoms. The van der Waals surface area contributed by atoms with Gasteiger partial charge in [0.25, 0.3) is 0 Å². The van der Waals surface area contributed by atoms with E-state index in [0.29, 0.717) is 19.3 Å². The van der Waals surface area contributed by atoms with Crippen LogP contribution in [-0.2, 0) is 14.3 Å². The van der Waals surface area contributed by atoms with Gasteiger partial charge in [-0.25, -0.2) is 0 Å². The molecule has 0 saturated carbocycles. The summed E-state index contributed by atoms with van der Waals surface area (Å²) >= 11 is 0. The fourth-order valence-electron chi connectivity index (χ4n) is 8.07. The molecule has 0 aromatic rings. The van der Waals surface area contributed by atoms with E-state index in [1.807, 2.05) is 0 Å². The van der Waals surface area contributed by atoms with Gasteiger partial charge in [-0.3, -0.25) is 9.59 Å². The fourth-order valence-corrected chi connectivity index (χ4v) is 8.07. The SMILES string of the molecule is CCCCC/C=C/C=C/CCCCCCCCC(=O)OC(CCCCCCCCCCC)CC(=O)NC(CO)C(O)CCCCCCCCCCCCCCCCCC. The first-order valence-electron chi connectivity index (χ1n) is 26.1. The Hall–Kier alpha value is -1.66. The van der Waals surface area contributed by atoms with Crippen LogP contribution >= 0.6 is 0 Å². The molecular formula is C53H101NO5. The minimum absolute atomic E-state index is 0.0775. The molecule has 0 aliphatic carbocycles. The van der Waals surface area contributed by atoms with E-state index in [0.717, 1.165) is 51.4 Å². The molecule has 3 N–H and O–H groups in total. The Morgan fingerprint density at radius 2 is 0.847 bits per heavy atom. The molecule has 0 rings (SSSR count). The largest absolute Gasteiger partial charge is 0.462 e. The lowest BCUT2D eigenvalue weighted by molar-refractivity contribution is -0.151. The average Bonchev–Trinajstić information content (AvgIpc) is 3.23. The Balaban J connectivity index is 4.43. The predicted molar refractivity (Wildman–Crippen MR) is 255 cm³/mol. The van der Waals surface area contributed by atoms with Crippen LogP contribution in [0, 0.1) is 0 Å². The van der Waals surface area contributed by atoms with E-state index in [9.17, 15) is 19.8 Å². The lowest BCUT2D eigenvalue weighted by Gasteiger charge is -2.24. The molecule has 348 valence electrons. The van der Waals surface area contributed by atoms with Gasteiger partial charge >= 0.3 is 5.97 Å². The van der Waals surface area contributed by atoms with Crippen LogP contribution in [0.15, 0.2) is 24.3 Å². The van der Waals surface area contributed by atoms with Gasteiger partial charge in [-0.05, 0) is 51.4 Å². The third-order valence-corrected chi connectivity index (χ3v) is 12.1. The van der Waals surface area contributed by atoms with E-state index in [2.05, 4.69) is 50.4 Å². The maximum atomic E-state index is 13.2. The van der Waals surface area contributed by atoms with Crippen LogP contribution in [0.1, 0.15) is 278 Å². The number of ether oxygens (including phenoxy) is 1. The number of carbonyl (C=O) groups excluding carboxylic acids is 2. The van der Waals surface area contributed by atoms with Gasteiger partial charge in [0.2, 0.25) is 5.91 Å². The minimum atomic E-state index is -0.785. The number of rotatable bonds is 47. The van der Waals surface area contributed by atoms with Crippen LogP contribution in [0.5, 0.6) is 0 Å². The van der Waals surface area contributed by atoms with Gasteiger partial charge < -0.3 is 20.3 Å². The zero-order chi connectivity index (χ0) is 43.1. The Kier molecular flexibility index (Phi) is 46.1. The Labute approximate surface area is 367 Å². The molecule has 3 unspecified atom stereocenters. The van der Waals surface area contributed by atoms with Gasteiger partial charge in [0.1, 0.15) is 6.10 Å². The number of allylic oxidation sites excluding steroid dienone is 4. The maximum absolute atomic E-state index is 13.2. The molecular weight excluding hydrogens is 731 g/mol. The van der Waals surface area contributed by atoms with Gasteiger partial charge in [-0.1, -0.05) is 238 Å². The number of nitrogens with one attached hydrogen (secondary N) is 1. The van der Waals surface area contributed by atoms with Gasteiger partial charge in [-0.15, -0.1) is 0 Å². The van der Waals surface area contributed by atoms with E-state index in [4.69, 9.17) is 4.74 Å². The third kappa shape index (κ3) is 42.8. The second kappa shape index (κ2) is 47.4. The highest BCUT2D eigenvalue weighted by Gasteiger charge is 2.24. The van der Waals surface area contributed by atoms with Gasteiger partial charge in [0.15, 0.2) is 0 Å². The quantitative estimate of drug-likeness (QED) is 0.0322. The lowest BCUT2D eigenvalue weighted by atomic mass is 10.0. The number of aliphatic hydroxyl groups excluding tert-OH is 2. The standard InChI is InChI=1S/C53H101NO5/c1-4-7-10-13-16-19-21-23-25-27-28-30-33-36-39-42-45-51(56)50(48-55)54-52(57)47-49(44-41-38-35-32-18-15-12-9-6-3)59-53(58)46-43-40-37-34-31-29-26-24-22-20-17-14-11-8-5-2/h17,20,22,24,49-51,55-56H,4-16,18-19,21,23,25-48H2,1-3H3,(H,54,57)/b20-17+,24-22+. The molecule has 0 aliphatic rings. The molecule has 0 heterocycles. The van der Waals surface area contributed by atoms with Crippen molar-refractivity contribution in [2.75, 3.05) is 6.61 Å². The Morgan fingerprint density at radius 1 is 0.492 bits per heavy atom. The molecule has 6 nitrogen and oxygen atoms in total. The van der Waals surface area contributed by atoms with Crippen molar-refractivity contribution in [1.82, 2.24) is 5.32 Å². The Bertz CT molecular complexity index is 935. The van der Waals surface area contributed by atoms with Gasteiger partial charge in [-0.2, -0.15) is 0 Å². The number of amides is 1. The first-order chi connectivity index (χ1) is 29.0. The minimum Gasteiger partial charge on any atom is -0.462 e. The summed E-state index contributed by atoms with van der Waals surface area (Å²) in [7, 11) is 0. The lowest BCUT2D eigenvalue weighted by Crippen LogP contribution is -2.46. The van der Waals surface area contributed by atoms with E-state index < -0.39 is 18.2 Å². The molecule has 1 amide bonds. The maximum Gasteiger partial charge on any atom is 0.306 e. The van der Waals surface area contributed by atoms with Crippen LogP contribution < -0.4 is 5.32 Å². The topological polar surface area (TPSA) is 95.9 Å². The van der Waals surface area contributed by atoms with Crippen molar-refractivity contribution in [3.8, 4) is 0 Å². The number of unbranched alkanes of at least 4 members (excludes halogenated alkanes) is 32. The zero-order valence-electron chi connectivity index (χ0n) is 39.7. The van der Waals surface area contributed by atoms with Crippen LogP contribution in [0.2, 0.25) is 0 Å². The van der Waals surface area contributed by atoms with Crippen molar-refractivity contribution < 1.29 is 24.5 Å². The summed E-state index contributed by atoms with van der Waals surface area (Å²) < 4.78 is 5.91. The van der Waals surface area contributed by atoms with E-state index >= 15 is 0 Å². The molecule has 0 spiro atoms. The summed E-state index contributed by atoms with van der Waals surface area (Å²) in [5, 5.41) is 23.8. The normalized spacial score (nSPS) is 13.4. The Morgan fingerprint density at radius 3 is 1.29 bits per heavy atom. The number of hydrogen-bond acceptors (Lipinski definition) is 5. The van der Waals surface area contributed by atoms with Crippen molar-refractivity contribution in [3.63, 3.8) is 0 Å². The monoisotopic (exact) mass is 832 g/mol. The highest BCUT2D eigenvalue weighted by molar-refractivity contribution is 5.77. The molecule has 0 aromatic heterocycles. The van der Waals surface area contributed by atoms with Crippen LogP contribution in [0.25, 0.3) is 0 Å². The molecule has 3 atom stereocenters. The van der Waals surface area contributed by atoms with Crippen LogP contribution in [0.4, 0.5) is 0 Å². The summed E-state index contributed by atoms with van der Waals surface area (Å²) in [4.78, 5) is 26.1. The average molecular weight is 832 g/mol. The van der Waals surface area contributed by atoms with Crippen molar-refractivity contribution in [1.29, 1.82) is 0 Å². The summed E-state index contributed by atoms with van der Waals surface area (Å²) in [6, 6.07) is -0.698. The van der Waals surface area contributed by atoms with Crippen molar-refractivity contribution in [3.05, 3.63) is 24.3 Å². The summed E-state index contributed by atoms with van der Waals surface area (Å²) in [6.07, 6.45) is 53.8. The number of aliphatic hydroxyl groups is 2. The molecule has 0 saturated heterocycles. The van der Waals surface area contributed by atoms with Crippen molar-refractivity contribution >= 4 is 11.9 Å². The van der Waals surface area contributed by atoms with Crippen LogP contribution in [0.3, 0.4) is 0 Å². The smallest absolute Gasteiger partial charge is 0.306 e. The molecule has 0 aromatic carbocycles. The fraction of sp³-hybridized carbons (Fsp3) is 0.887. The van der Waals surface area contributed by atoms with Crippen LogP contribution in [-0.4, -0.2) is 46.9 Å². The van der Waals surface area contributed by atoms with E-state index in [-0.39, 0.29) is 24.9 Å². The number of esters is 1. The molecule has 0 fully saturated rings. The number of hydrogen-bond donors (Lipinski definition) is 3. The third-order valence-electron chi connectivity index (χ3n) is 12.1. The summed E-state index contributed by atoms with van der Waals surface area (Å²) in [6.45, 7) is 6.46. The first-order valence-corrected chi connectivity index (χ1v) is 26.1. The highest BCUT2D eigenvalue weighted by Crippen LogP contribution is 2.18. The van der Waals surface area contributed by atoms with Gasteiger partial charge in [0, 0.05) is 6.42 Å². The first kappa shape index (κ1) is 57.3. The van der Waals surface area contributed by atoms with E-state index in [1.54, 1.807) is 0 Å². The van der Waals surface area contributed by atoms with Crippen molar-refractivity contribution in [2.24, 2.45) is 0 Å². The highest BCUT2D eigenvalue weighted by atomic mass is 16.5. The molecule has 59 heavy (non-hydrogen) atoms. The predicted octanol–water partition coefficient (Wildman–Crippen LogP) is 15.5. The van der Waals surface area contributed by atoms with E-state index in [1.165, 1.54) is 180 Å². The summed E-state index contributed by atoms with van der Waals surface area (Å²) in [5.74, 6) is -0.476.